The summed E-state index contributed by atoms with van der Waals surface area (Å²) in [6, 6.07) is 10.9. The lowest BCUT2D eigenvalue weighted by Gasteiger charge is -2.08. The monoisotopic (exact) mass is 365 g/mol. The fourth-order valence-corrected chi connectivity index (χ4v) is 3.86. The van der Waals surface area contributed by atoms with E-state index in [4.69, 9.17) is 27.9 Å². The molecule has 0 aliphatic carbocycles. The molecular formula is C17H13Cl2NO2S. The van der Waals surface area contributed by atoms with Gasteiger partial charge in [0.05, 0.1) is 12.1 Å². The predicted octanol–water partition coefficient (Wildman–Crippen LogP) is 5.78. The molecule has 0 aliphatic heterocycles. The van der Waals surface area contributed by atoms with Crippen LogP contribution >= 0.6 is 34.5 Å². The summed E-state index contributed by atoms with van der Waals surface area (Å²) < 4.78 is 6.11. The van der Waals surface area contributed by atoms with Crippen LogP contribution in [0, 0.1) is 6.92 Å². The quantitative estimate of drug-likeness (QED) is 0.638. The van der Waals surface area contributed by atoms with Crippen LogP contribution in [0.15, 0.2) is 36.4 Å². The number of hydrogen-bond donors (Lipinski definition) is 1. The highest BCUT2D eigenvalue weighted by Gasteiger charge is 2.18. The Morgan fingerprint density at radius 1 is 1.22 bits per heavy atom. The predicted molar refractivity (Wildman–Crippen MR) is 97.5 cm³/mol. The molecular weight excluding hydrogens is 353 g/mol. The molecule has 0 spiro atoms. The summed E-state index contributed by atoms with van der Waals surface area (Å²) >= 11 is 13.8. The highest BCUT2D eigenvalue weighted by Crippen LogP contribution is 2.37. The number of rotatable bonds is 3. The van der Waals surface area contributed by atoms with E-state index in [1.807, 2.05) is 31.2 Å². The third kappa shape index (κ3) is 3.02. The molecule has 0 saturated carbocycles. The highest BCUT2D eigenvalue weighted by molar-refractivity contribution is 7.21. The summed E-state index contributed by atoms with van der Waals surface area (Å²) in [6.07, 6.45) is 0. The van der Waals surface area contributed by atoms with Crippen LogP contribution in [0.1, 0.15) is 15.2 Å². The number of benzene rings is 2. The molecule has 0 bridgehead atoms. The third-order valence-corrected chi connectivity index (χ3v) is 5.62. The molecule has 0 aliphatic rings. The second-order valence-electron chi connectivity index (χ2n) is 4.97. The lowest BCUT2D eigenvalue weighted by Crippen LogP contribution is -2.11. The van der Waals surface area contributed by atoms with E-state index in [2.05, 4.69) is 5.32 Å². The van der Waals surface area contributed by atoms with Crippen molar-refractivity contribution >= 4 is 56.2 Å². The molecule has 0 radical (unpaired) electrons. The van der Waals surface area contributed by atoms with E-state index in [1.165, 1.54) is 11.3 Å². The normalized spacial score (nSPS) is 10.8. The number of anilines is 1. The Morgan fingerprint density at radius 2 is 2.00 bits per heavy atom. The lowest BCUT2D eigenvalue weighted by atomic mass is 10.2. The van der Waals surface area contributed by atoms with Crippen LogP contribution in [0.4, 0.5) is 5.69 Å². The second kappa shape index (κ2) is 6.40. The Hall–Kier alpha value is -1.75. The molecule has 0 unspecified atom stereocenters. The van der Waals surface area contributed by atoms with Crippen molar-refractivity contribution in [3.63, 3.8) is 0 Å². The van der Waals surface area contributed by atoms with Crippen LogP contribution in [0.25, 0.3) is 10.1 Å². The van der Waals surface area contributed by atoms with Crippen LogP contribution < -0.4 is 10.1 Å². The van der Waals surface area contributed by atoms with Gasteiger partial charge in [0.2, 0.25) is 0 Å². The molecule has 1 N–H and O–H groups in total. The van der Waals surface area contributed by atoms with Gasteiger partial charge in [-0.3, -0.25) is 4.79 Å². The van der Waals surface area contributed by atoms with E-state index in [-0.39, 0.29) is 5.91 Å². The van der Waals surface area contributed by atoms with E-state index < -0.39 is 0 Å². The van der Waals surface area contributed by atoms with E-state index in [1.54, 1.807) is 19.2 Å². The molecule has 0 fully saturated rings. The van der Waals surface area contributed by atoms with Crippen molar-refractivity contribution < 1.29 is 9.53 Å². The van der Waals surface area contributed by atoms with Gasteiger partial charge in [-0.05, 0) is 42.8 Å². The molecule has 2 aromatic carbocycles. The standard InChI is InChI=1S/C17H13Cl2NO2S/c1-9-12(18)4-3-5-13(9)20-17(21)16-15(19)11-7-6-10(22-2)8-14(11)23-16/h3-8H,1-2H3,(H,20,21). The second-order valence-corrected chi connectivity index (χ2v) is 6.81. The number of carbonyl (C=O) groups excluding carboxylic acids is 1. The topological polar surface area (TPSA) is 38.3 Å². The SMILES string of the molecule is COc1ccc2c(Cl)c(C(=O)Nc3cccc(Cl)c3C)sc2c1. The number of methoxy groups -OCH3 is 1. The van der Waals surface area contributed by atoms with Crippen LogP contribution in [-0.2, 0) is 0 Å². The van der Waals surface area contributed by atoms with Gasteiger partial charge in [-0.25, -0.2) is 0 Å². The average molecular weight is 366 g/mol. The van der Waals surface area contributed by atoms with Crippen LogP contribution in [0.2, 0.25) is 10.0 Å². The number of halogens is 2. The summed E-state index contributed by atoms with van der Waals surface area (Å²) in [5, 5.41) is 4.76. The fraction of sp³-hybridized carbons (Fsp3) is 0.118. The van der Waals surface area contributed by atoms with E-state index in [9.17, 15) is 4.79 Å². The van der Waals surface area contributed by atoms with Crippen molar-refractivity contribution in [2.24, 2.45) is 0 Å². The molecule has 118 valence electrons. The zero-order valence-corrected chi connectivity index (χ0v) is 14.8. The maximum Gasteiger partial charge on any atom is 0.267 e. The molecule has 1 heterocycles. The number of amides is 1. The van der Waals surface area contributed by atoms with Gasteiger partial charge in [-0.2, -0.15) is 0 Å². The number of fused-ring (bicyclic) bond motifs is 1. The minimum absolute atomic E-state index is 0.250. The molecule has 1 amide bonds. The van der Waals surface area contributed by atoms with Gasteiger partial charge >= 0.3 is 0 Å². The van der Waals surface area contributed by atoms with Crippen molar-refractivity contribution in [3.05, 3.63) is 56.9 Å². The van der Waals surface area contributed by atoms with Crippen LogP contribution in [0.3, 0.4) is 0 Å². The first-order valence-corrected chi connectivity index (χ1v) is 8.41. The van der Waals surface area contributed by atoms with Crippen molar-refractivity contribution in [1.29, 1.82) is 0 Å². The number of carbonyl (C=O) groups is 1. The molecule has 6 heteroatoms. The number of hydrogen-bond acceptors (Lipinski definition) is 3. The third-order valence-electron chi connectivity index (χ3n) is 3.56. The Morgan fingerprint density at radius 3 is 2.74 bits per heavy atom. The van der Waals surface area contributed by atoms with Gasteiger partial charge in [0.15, 0.2) is 0 Å². The smallest absolute Gasteiger partial charge is 0.267 e. The van der Waals surface area contributed by atoms with Crippen molar-refractivity contribution in [2.75, 3.05) is 12.4 Å². The van der Waals surface area contributed by atoms with Gasteiger partial charge in [0.25, 0.3) is 5.91 Å². The molecule has 3 rings (SSSR count). The van der Waals surface area contributed by atoms with Gasteiger partial charge in [-0.15, -0.1) is 11.3 Å². The van der Waals surface area contributed by atoms with Crippen LogP contribution in [0.5, 0.6) is 5.75 Å². The van der Waals surface area contributed by atoms with Gasteiger partial charge in [-0.1, -0.05) is 29.3 Å². The molecule has 3 aromatic rings. The lowest BCUT2D eigenvalue weighted by molar-refractivity contribution is 0.103. The zero-order valence-electron chi connectivity index (χ0n) is 12.4. The summed E-state index contributed by atoms with van der Waals surface area (Å²) in [6.45, 7) is 1.86. The number of ether oxygens (including phenoxy) is 1. The van der Waals surface area contributed by atoms with Gasteiger partial charge in [0.1, 0.15) is 10.6 Å². The van der Waals surface area contributed by atoms with Gasteiger partial charge < -0.3 is 10.1 Å². The van der Waals surface area contributed by atoms with Crippen molar-refractivity contribution in [3.8, 4) is 5.75 Å². The Balaban J connectivity index is 1.97. The molecule has 1 aromatic heterocycles. The van der Waals surface area contributed by atoms with Crippen molar-refractivity contribution in [1.82, 2.24) is 0 Å². The molecule has 3 nitrogen and oxygen atoms in total. The first-order chi connectivity index (χ1) is 11.0. The van der Waals surface area contributed by atoms with Crippen LogP contribution in [-0.4, -0.2) is 13.0 Å². The van der Waals surface area contributed by atoms with E-state index in [0.29, 0.717) is 20.6 Å². The minimum Gasteiger partial charge on any atom is -0.497 e. The average Bonchev–Trinajstić information content (AvgIpc) is 2.88. The van der Waals surface area contributed by atoms with Gasteiger partial charge in [0, 0.05) is 20.8 Å². The summed E-state index contributed by atoms with van der Waals surface area (Å²) in [5.41, 5.74) is 1.50. The van der Waals surface area contributed by atoms with Crippen molar-refractivity contribution in [2.45, 2.75) is 6.92 Å². The maximum absolute atomic E-state index is 12.6. The molecule has 0 saturated heterocycles. The van der Waals surface area contributed by atoms with E-state index in [0.717, 1.165) is 21.4 Å². The zero-order chi connectivity index (χ0) is 16.6. The fourth-order valence-electron chi connectivity index (χ4n) is 2.24. The number of nitrogens with one attached hydrogen (secondary N) is 1. The highest BCUT2D eigenvalue weighted by atomic mass is 35.5. The maximum atomic E-state index is 12.6. The first-order valence-electron chi connectivity index (χ1n) is 6.83. The minimum atomic E-state index is -0.250. The summed E-state index contributed by atoms with van der Waals surface area (Å²) in [7, 11) is 1.60. The Labute approximate surface area is 147 Å². The Bertz CT molecular complexity index is 905. The molecule has 0 atom stereocenters. The van der Waals surface area contributed by atoms with E-state index >= 15 is 0 Å². The first kappa shape index (κ1) is 16.1. The number of thiophene rings is 1. The largest absolute Gasteiger partial charge is 0.497 e. The summed E-state index contributed by atoms with van der Waals surface area (Å²) in [4.78, 5) is 13.0. The molecule has 23 heavy (non-hydrogen) atoms. The Kier molecular flexibility index (Phi) is 4.48. The summed E-state index contributed by atoms with van der Waals surface area (Å²) in [5.74, 6) is 0.480.